The van der Waals surface area contributed by atoms with E-state index in [2.05, 4.69) is 17.6 Å². The number of benzene rings is 1. The fourth-order valence-electron chi connectivity index (χ4n) is 2.00. The van der Waals surface area contributed by atoms with Crippen LogP contribution in [0.1, 0.15) is 45.1 Å². The van der Waals surface area contributed by atoms with E-state index in [4.69, 9.17) is 0 Å². The Morgan fingerprint density at radius 1 is 1.05 bits per heavy atom. The van der Waals surface area contributed by atoms with E-state index in [0.717, 1.165) is 5.56 Å². The van der Waals surface area contributed by atoms with Crippen LogP contribution in [-0.4, -0.2) is 24.4 Å². The lowest BCUT2D eigenvalue weighted by Gasteiger charge is -2.26. The Morgan fingerprint density at radius 2 is 1.65 bits per heavy atom. The molecule has 0 heterocycles. The van der Waals surface area contributed by atoms with E-state index in [-0.39, 0.29) is 23.8 Å². The minimum atomic E-state index is -0.0969. The molecule has 4 nitrogen and oxygen atoms in total. The lowest BCUT2D eigenvalue weighted by molar-refractivity contribution is -0.123. The van der Waals surface area contributed by atoms with Gasteiger partial charge in [-0.1, -0.05) is 51.1 Å². The topological polar surface area (TPSA) is 58.2 Å². The number of nitrogens with one attached hydrogen (secondary N) is 2. The molecule has 2 atom stereocenters. The van der Waals surface area contributed by atoms with Crippen LogP contribution in [0.2, 0.25) is 0 Å². The molecule has 1 rings (SSSR count). The van der Waals surface area contributed by atoms with Gasteiger partial charge in [0.1, 0.15) is 0 Å². The van der Waals surface area contributed by atoms with Crippen LogP contribution in [-0.2, 0) is 9.59 Å². The molecule has 0 saturated carbocycles. The molecular formula is C16H24N2O2. The van der Waals surface area contributed by atoms with E-state index in [1.165, 1.54) is 0 Å². The zero-order valence-corrected chi connectivity index (χ0v) is 12.5. The van der Waals surface area contributed by atoms with Gasteiger partial charge < -0.3 is 10.6 Å². The van der Waals surface area contributed by atoms with Crippen LogP contribution >= 0.6 is 0 Å². The maximum Gasteiger partial charge on any atom is 0.220 e. The molecule has 0 bridgehead atoms. The quantitative estimate of drug-likeness (QED) is 0.802. The third-order valence-corrected chi connectivity index (χ3v) is 3.44. The highest BCUT2D eigenvalue weighted by atomic mass is 16.2. The highest BCUT2D eigenvalue weighted by molar-refractivity contribution is 5.77. The van der Waals surface area contributed by atoms with E-state index < -0.39 is 0 Å². The summed E-state index contributed by atoms with van der Waals surface area (Å²) in [5.41, 5.74) is 1.15. The van der Waals surface area contributed by atoms with Crippen molar-refractivity contribution in [2.45, 2.75) is 45.6 Å². The molecule has 2 unspecified atom stereocenters. The molecule has 1 aromatic carbocycles. The van der Waals surface area contributed by atoms with E-state index in [1.54, 1.807) is 0 Å². The Labute approximate surface area is 121 Å². The summed E-state index contributed by atoms with van der Waals surface area (Å²) in [7, 11) is 0. The molecule has 0 spiro atoms. The van der Waals surface area contributed by atoms with Gasteiger partial charge in [-0.05, 0) is 5.56 Å². The first-order chi connectivity index (χ1) is 9.58. The van der Waals surface area contributed by atoms with Crippen LogP contribution in [0.25, 0.3) is 0 Å². The van der Waals surface area contributed by atoms with Gasteiger partial charge in [-0.2, -0.15) is 0 Å². The van der Waals surface area contributed by atoms with Crippen LogP contribution in [0.15, 0.2) is 30.3 Å². The smallest absolute Gasteiger partial charge is 0.220 e. The number of carbonyl (C=O) groups excluding carboxylic acids is 2. The predicted octanol–water partition coefficient (Wildman–Crippen LogP) is 2.21. The van der Waals surface area contributed by atoms with E-state index in [9.17, 15) is 9.59 Å². The van der Waals surface area contributed by atoms with Crippen molar-refractivity contribution in [3.63, 3.8) is 0 Å². The van der Waals surface area contributed by atoms with Crippen molar-refractivity contribution in [1.29, 1.82) is 0 Å². The van der Waals surface area contributed by atoms with Crippen molar-refractivity contribution in [2.24, 2.45) is 0 Å². The number of amides is 2. The molecule has 0 aliphatic carbocycles. The fourth-order valence-corrected chi connectivity index (χ4v) is 2.00. The van der Waals surface area contributed by atoms with Crippen molar-refractivity contribution >= 4 is 11.8 Å². The maximum atomic E-state index is 11.6. The fraction of sp³-hybridized carbons (Fsp3) is 0.500. The maximum absolute atomic E-state index is 11.6. The van der Waals surface area contributed by atoms with Crippen LogP contribution in [0, 0.1) is 0 Å². The molecule has 0 saturated heterocycles. The normalized spacial score (nSPS) is 13.3. The van der Waals surface area contributed by atoms with Crippen LogP contribution in [0.5, 0.6) is 0 Å². The minimum absolute atomic E-state index is 0.000934. The van der Waals surface area contributed by atoms with Crippen LogP contribution in [0.3, 0.4) is 0 Å². The average Bonchev–Trinajstić information content (AvgIpc) is 2.50. The molecule has 20 heavy (non-hydrogen) atoms. The van der Waals surface area contributed by atoms with Gasteiger partial charge in [-0.15, -0.1) is 0 Å². The molecular weight excluding hydrogens is 252 g/mol. The molecule has 1 aromatic rings. The molecule has 110 valence electrons. The highest BCUT2D eigenvalue weighted by Gasteiger charge is 2.20. The first-order valence-corrected chi connectivity index (χ1v) is 7.19. The van der Waals surface area contributed by atoms with Gasteiger partial charge in [-0.3, -0.25) is 9.59 Å². The first-order valence-electron chi connectivity index (χ1n) is 7.19. The highest BCUT2D eigenvalue weighted by Crippen LogP contribution is 2.18. The summed E-state index contributed by atoms with van der Waals surface area (Å²) in [6.07, 6.45) is 0.897. The lowest BCUT2D eigenvalue weighted by atomic mass is 9.93. The lowest BCUT2D eigenvalue weighted by Crippen LogP contribution is -2.46. The largest absolute Gasteiger partial charge is 0.354 e. The minimum Gasteiger partial charge on any atom is -0.354 e. The zero-order valence-electron chi connectivity index (χ0n) is 12.5. The molecule has 2 N–H and O–H groups in total. The van der Waals surface area contributed by atoms with Crippen molar-refractivity contribution < 1.29 is 9.59 Å². The Hall–Kier alpha value is -1.84. The number of rotatable bonds is 7. The Bertz CT molecular complexity index is 431. The van der Waals surface area contributed by atoms with Gasteiger partial charge in [-0.25, -0.2) is 0 Å². The second-order valence-electron chi connectivity index (χ2n) is 4.88. The van der Waals surface area contributed by atoms with Gasteiger partial charge in [0, 0.05) is 25.3 Å². The van der Waals surface area contributed by atoms with Gasteiger partial charge in [0.15, 0.2) is 0 Å². The second kappa shape index (κ2) is 8.35. The summed E-state index contributed by atoms with van der Waals surface area (Å²) in [6, 6.07) is 9.91. The molecule has 0 fully saturated rings. The van der Waals surface area contributed by atoms with Crippen molar-refractivity contribution in [3.8, 4) is 0 Å². The van der Waals surface area contributed by atoms with Crippen molar-refractivity contribution in [3.05, 3.63) is 35.9 Å². The number of hydrogen-bond acceptors (Lipinski definition) is 2. The first kappa shape index (κ1) is 16.2. The van der Waals surface area contributed by atoms with Crippen LogP contribution in [0.4, 0.5) is 0 Å². The monoisotopic (exact) mass is 276 g/mol. The molecule has 0 aliphatic heterocycles. The zero-order chi connectivity index (χ0) is 15.0. The average molecular weight is 276 g/mol. The molecule has 0 aromatic heterocycles. The Balaban J connectivity index is 2.75. The predicted molar refractivity (Wildman–Crippen MR) is 80.4 cm³/mol. The molecule has 2 amide bonds. The summed E-state index contributed by atoms with van der Waals surface area (Å²) < 4.78 is 0. The van der Waals surface area contributed by atoms with Crippen molar-refractivity contribution in [1.82, 2.24) is 10.6 Å². The summed E-state index contributed by atoms with van der Waals surface area (Å²) in [5.74, 6) is 0.147. The molecule has 4 heteroatoms. The standard InChI is InChI=1S/C16H24N2O2/c1-4-15(19)17-11-14(18-16(20)5-2)12(3)13-9-7-6-8-10-13/h6-10,12,14H,4-5,11H2,1-3H3,(H,17,19)(H,18,20). The van der Waals surface area contributed by atoms with E-state index >= 15 is 0 Å². The SMILES string of the molecule is CCC(=O)NCC(NC(=O)CC)C(C)c1ccccc1. The molecule has 0 aliphatic rings. The summed E-state index contributed by atoms with van der Waals surface area (Å²) in [6.45, 7) is 6.16. The van der Waals surface area contributed by atoms with Gasteiger partial charge in [0.25, 0.3) is 0 Å². The van der Waals surface area contributed by atoms with Gasteiger partial charge in [0.2, 0.25) is 11.8 Å². The summed E-state index contributed by atoms with van der Waals surface area (Å²) >= 11 is 0. The van der Waals surface area contributed by atoms with E-state index in [0.29, 0.717) is 19.4 Å². The third-order valence-electron chi connectivity index (χ3n) is 3.44. The van der Waals surface area contributed by atoms with Gasteiger partial charge in [0.05, 0.1) is 6.04 Å². The van der Waals surface area contributed by atoms with Gasteiger partial charge >= 0.3 is 0 Å². The number of hydrogen-bond donors (Lipinski definition) is 2. The molecule has 0 radical (unpaired) electrons. The summed E-state index contributed by atoms with van der Waals surface area (Å²) in [5, 5.41) is 5.85. The second-order valence-corrected chi connectivity index (χ2v) is 4.88. The third kappa shape index (κ3) is 5.03. The summed E-state index contributed by atoms with van der Waals surface area (Å²) in [4.78, 5) is 23.1. The Morgan fingerprint density at radius 3 is 2.20 bits per heavy atom. The Kier molecular flexibility index (Phi) is 6.77. The number of carbonyl (C=O) groups is 2. The van der Waals surface area contributed by atoms with E-state index in [1.807, 2.05) is 44.2 Å². The van der Waals surface area contributed by atoms with Crippen LogP contribution < -0.4 is 10.6 Å². The van der Waals surface area contributed by atoms with Crippen molar-refractivity contribution in [2.75, 3.05) is 6.54 Å².